The molecule has 1 heterocycles. The monoisotopic (exact) mass is 273 g/mol. The van der Waals surface area contributed by atoms with Crippen molar-refractivity contribution in [2.75, 3.05) is 20.7 Å². The second-order valence-corrected chi connectivity index (χ2v) is 5.91. The minimum atomic E-state index is -0.317. The van der Waals surface area contributed by atoms with E-state index in [0.29, 0.717) is 5.56 Å². The Morgan fingerprint density at radius 2 is 2.10 bits per heavy atom. The average molecular weight is 273 g/mol. The van der Waals surface area contributed by atoms with Gasteiger partial charge in [0.25, 0.3) is 0 Å². The molecule has 1 spiro atoms. The summed E-state index contributed by atoms with van der Waals surface area (Å²) in [5, 5.41) is 0. The maximum Gasteiger partial charge on any atom is 0.337 e. The van der Waals surface area contributed by atoms with E-state index < -0.39 is 0 Å². The molecule has 4 heteroatoms. The van der Waals surface area contributed by atoms with Crippen LogP contribution in [0.5, 0.6) is 0 Å². The molecule has 0 radical (unpaired) electrons. The van der Waals surface area contributed by atoms with Crippen LogP contribution in [-0.2, 0) is 22.4 Å². The fourth-order valence-electron chi connectivity index (χ4n) is 3.50. The molecule has 1 atom stereocenters. The van der Waals surface area contributed by atoms with Crippen LogP contribution in [0.3, 0.4) is 0 Å². The normalized spacial score (nSPS) is 24.9. The summed E-state index contributed by atoms with van der Waals surface area (Å²) in [5.74, 6) is -0.0612. The van der Waals surface area contributed by atoms with Crippen LogP contribution < -0.4 is 0 Å². The van der Waals surface area contributed by atoms with Crippen LogP contribution in [0, 0.1) is 5.41 Å². The number of amides is 1. The third-order valence-electron chi connectivity index (χ3n) is 4.76. The van der Waals surface area contributed by atoms with Gasteiger partial charge < -0.3 is 9.64 Å². The van der Waals surface area contributed by atoms with Crippen LogP contribution in [-0.4, -0.2) is 37.5 Å². The number of aryl methyl sites for hydroxylation is 1. The summed E-state index contributed by atoms with van der Waals surface area (Å²) in [4.78, 5) is 25.9. The molecule has 1 aromatic carbocycles. The summed E-state index contributed by atoms with van der Waals surface area (Å²) in [6.07, 6.45) is 3.50. The Morgan fingerprint density at radius 1 is 1.30 bits per heavy atom. The summed E-state index contributed by atoms with van der Waals surface area (Å²) in [7, 11) is 3.26. The summed E-state index contributed by atoms with van der Waals surface area (Å²) in [6, 6.07) is 5.70. The van der Waals surface area contributed by atoms with Gasteiger partial charge in [0.1, 0.15) is 0 Å². The molecule has 0 bridgehead atoms. The van der Waals surface area contributed by atoms with Crippen LogP contribution in [0.2, 0.25) is 0 Å². The Balaban J connectivity index is 1.94. The number of carbonyl (C=O) groups is 2. The van der Waals surface area contributed by atoms with Crippen LogP contribution in [0.4, 0.5) is 0 Å². The molecule has 3 rings (SSSR count). The van der Waals surface area contributed by atoms with E-state index in [-0.39, 0.29) is 17.3 Å². The van der Waals surface area contributed by atoms with Gasteiger partial charge in [-0.25, -0.2) is 4.79 Å². The zero-order valence-corrected chi connectivity index (χ0v) is 11.9. The molecule has 1 aromatic rings. The molecular weight excluding hydrogens is 254 g/mol. The Hall–Kier alpha value is -1.84. The summed E-state index contributed by atoms with van der Waals surface area (Å²) in [5.41, 5.74) is 2.71. The topological polar surface area (TPSA) is 46.6 Å². The molecule has 1 aliphatic carbocycles. The number of ether oxygens (including phenoxy) is 1. The van der Waals surface area contributed by atoms with Crippen molar-refractivity contribution >= 4 is 11.9 Å². The highest BCUT2D eigenvalue weighted by Crippen LogP contribution is 2.43. The van der Waals surface area contributed by atoms with Gasteiger partial charge in [-0.05, 0) is 48.9 Å². The molecule has 0 N–H and O–H groups in total. The van der Waals surface area contributed by atoms with E-state index in [1.807, 2.05) is 30.1 Å². The summed E-state index contributed by atoms with van der Waals surface area (Å²) < 4.78 is 4.77. The zero-order valence-electron chi connectivity index (χ0n) is 11.9. The molecule has 20 heavy (non-hydrogen) atoms. The smallest absolute Gasteiger partial charge is 0.337 e. The van der Waals surface area contributed by atoms with Crippen molar-refractivity contribution in [3.63, 3.8) is 0 Å². The van der Waals surface area contributed by atoms with Gasteiger partial charge in [-0.3, -0.25) is 4.79 Å². The lowest BCUT2D eigenvalue weighted by Crippen LogP contribution is -2.37. The number of nitrogens with zero attached hydrogens (tertiary/aromatic N) is 1. The molecule has 1 amide bonds. The average Bonchev–Trinajstić information content (AvgIpc) is 2.74. The van der Waals surface area contributed by atoms with Crippen molar-refractivity contribution in [2.45, 2.75) is 25.7 Å². The highest BCUT2D eigenvalue weighted by atomic mass is 16.5. The quantitative estimate of drug-likeness (QED) is 0.733. The minimum absolute atomic E-state index is 0.240. The van der Waals surface area contributed by atoms with Crippen LogP contribution in [0.1, 0.15) is 34.3 Å². The van der Waals surface area contributed by atoms with E-state index in [2.05, 4.69) is 0 Å². The van der Waals surface area contributed by atoms with Gasteiger partial charge in [0.05, 0.1) is 18.1 Å². The maximum absolute atomic E-state index is 12.4. The molecule has 1 saturated heterocycles. The lowest BCUT2D eigenvalue weighted by atomic mass is 9.70. The number of hydrogen-bond acceptors (Lipinski definition) is 3. The summed E-state index contributed by atoms with van der Waals surface area (Å²) in [6.45, 7) is 0.838. The van der Waals surface area contributed by atoms with E-state index in [1.165, 1.54) is 12.7 Å². The molecule has 0 aromatic heterocycles. The number of esters is 1. The maximum atomic E-state index is 12.4. The third-order valence-corrected chi connectivity index (χ3v) is 4.76. The van der Waals surface area contributed by atoms with Gasteiger partial charge in [0.15, 0.2) is 0 Å². The largest absolute Gasteiger partial charge is 0.465 e. The van der Waals surface area contributed by atoms with E-state index >= 15 is 0 Å². The lowest BCUT2D eigenvalue weighted by molar-refractivity contribution is -0.135. The van der Waals surface area contributed by atoms with Crippen LogP contribution >= 0.6 is 0 Å². The molecule has 106 valence electrons. The Morgan fingerprint density at radius 3 is 2.75 bits per heavy atom. The van der Waals surface area contributed by atoms with Crippen molar-refractivity contribution in [1.29, 1.82) is 0 Å². The first-order chi connectivity index (χ1) is 9.55. The Bertz CT molecular complexity index is 581. The van der Waals surface area contributed by atoms with Gasteiger partial charge in [-0.1, -0.05) is 6.07 Å². The molecule has 1 aliphatic heterocycles. The Labute approximate surface area is 118 Å². The second-order valence-electron chi connectivity index (χ2n) is 5.91. The van der Waals surface area contributed by atoms with Crippen LogP contribution in [0.25, 0.3) is 0 Å². The number of benzene rings is 1. The second kappa shape index (κ2) is 4.62. The standard InChI is InChI=1S/C16H19NO3/c1-17-8-7-16(15(17)19)6-5-11-3-4-12(14(18)20-2)9-13(11)10-16/h3-4,9H,5-8,10H2,1-2H3/t16-/m1/s1. The van der Waals surface area contributed by atoms with Crippen molar-refractivity contribution < 1.29 is 14.3 Å². The fraction of sp³-hybridized carbons (Fsp3) is 0.500. The molecule has 0 saturated carbocycles. The number of hydrogen-bond donors (Lipinski definition) is 0. The van der Waals surface area contributed by atoms with E-state index in [0.717, 1.165) is 37.8 Å². The fourth-order valence-corrected chi connectivity index (χ4v) is 3.50. The van der Waals surface area contributed by atoms with Crippen molar-refractivity contribution in [3.8, 4) is 0 Å². The van der Waals surface area contributed by atoms with Crippen molar-refractivity contribution in [2.24, 2.45) is 5.41 Å². The molecule has 4 nitrogen and oxygen atoms in total. The first kappa shape index (κ1) is 13.2. The van der Waals surface area contributed by atoms with Gasteiger partial charge in [-0.15, -0.1) is 0 Å². The first-order valence-corrected chi connectivity index (χ1v) is 7.01. The summed E-state index contributed by atoms with van der Waals surface area (Å²) >= 11 is 0. The first-order valence-electron chi connectivity index (χ1n) is 7.01. The van der Waals surface area contributed by atoms with Gasteiger partial charge in [0, 0.05) is 13.6 Å². The van der Waals surface area contributed by atoms with Gasteiger partial charge in [0.2, 0.25) is 5.91 Å². The highest BCUT2D eigenvalue weighted by Gasteiger charge is 2.46. The molecule has 1 fully saturated rings. The number of rotatable bonds is 1. The van der Waals surface area contributed by atoms with Crippen LogP contribution in [0.15, 0.2) is 18.2 Å². The minimum Gasteiger partial charge on any atom is -0.465 e. The lowest BCUT2D eigenvalue weighted by Gasteiger charge is -2.33. The number of fused-ring (bicyclic) bond motifs is 1. The van der Waals surface area contributed by atoms with Crippen molar-refractivity contribution in [1.82, 2.24) is 4.90 Å². The predicted octanol–water partition coefficient (Wildman–Crippen LogP) is 1.81. The molecule has 0 unspecified atom stereocenters. The zero-order chi connectivity index (χ0) is 14.3. The molecular formula is C16H19NO3. The number of carbonyl (C=O) groups excluding carboxylic acids is 2. The van der Waals surface area contributed by atoms with E-state index in [4.69, 9.17) is 4.74 Å². The SMILES string of the molecule is COC(=O)c1ccc2c(c1)C[C@@]1(CC2)CCN(C)C1=O. The highest BCUT2D eigenvalue weighted by molar-refractivity contribution is 5.90. The Kier molecular flexibility index (Phi) is 3.04. The van der Waals surface area contributed by atoms with Crippen molar-refractivity contribution in [3.05, 3.63) is 34.9 Å². The van der Waals surface area contributed by atoms with Gasteiger partial charge in [-0.2, -0.15) is 0 Å². The predicted molar refractivity (Wildman–Crippen MR) is 74.5 cm³/mol. The van der Waals surface area contributed by atoms with Gasteiger partial charge >= 0.3 is 5.97 Å². The third kappa shape index (κ3) is 1.90. The number of methoxy groups -OCH3 is 1. The van der Waals surface area contributed by atoms with E-state index in [9.17, 15) is 9.59 Å². The number of likely N-dealkylation sites (tertiary alicyclic amines) is 1. The molecule has 2 aliphatic rings. The van der Waals surface area contributed by atoms with E-state index in [1.54, 1.807) is 0 Å².